The van der Waals surface area contributed by atoms with Gasteiger partial charge in [-0.2, -0.15) is 4.98 Å². The van der Waals surface area contributed by atoms with Crippen molar-refractivity contribution in [3.05, 3.63) is 66.6 Å². The lowest BCUT2D eigenvalue weighted by molar-refractivity contribution is -0.117. The van der Waals surface area contributed by atoms with Gasteiger partial charge in [0.1, 0.15) is 11.6 Å². The summed E-state index contributed by atoms with van der Waals surface area (Å²) < 4.78 is 18.6. The van der Waals surface area contributed by atoms with Gasteiger partial charge in [0.15, 0.2) is 0 Å². The fraction of sp³-hybridized carbons (Fsp3) is 0.150. The standard InChI is InChI=1S/C20H17FN4O2/c21-14-3-9-17(10-4-14)27-18-11-12-22-20(24-18)23-15-5-7-16(8-6-15)25-13-1-2-19(25)26/h3-12H,1-2,13H2,(H,22,23,24). The number of nitrogens with one attached hydrogen (secondary N) is 1. The molecule has 2 aromatic carbocycles. The SMILES string of the molecule is O=C1CCCN1c1ccc(Nc2nccc(Oc3ccc(F)cc3)n2)cc1. The van der Waals surface area contributed by atoms with Crippen LogP contribution in [0, 0.1) is 5.82 Å². The Kier molecular flexibility index (Phi) is 4.65. The highest BCUT2D eigenvalue weighted by molar-refractivity contribution is 5.95. The van der Waals surface area contributed by atoms with Gasteiger partial charge < -0.3 is 15.0 Å². The van der Waals surface area contributed by atoms with E-state index in [9.17, 15) is 9.18 Å². The highest BCUT2D eigenvalue weighted by Crippen LogP contribution is 2.25. The molecule has 1 saturated heterocycles. The maximum Gasteiger partial charge on any atom is 0.230 e. The second-order valence-electron chi connectivity index (χ2n) is 6.10. The van der Waals surface area contributed by atoms with Gasteiger partial charge in [-0.25, -0.2) is 9.37 Å². The summed E-state index contributed by atoms with van der Waals surface area (Å²) in [6.45, 7) is 0.761. The van der Waals surface area contributed by atoms with Crippen LogP contribution in [0.5, 0.6) is 11.6 Å². The summed E-state index contributed by atoms with van der Waals surface area (Å²) in [5.74, 6) is 1.04. The van der Waals surface area contributed by atoms with Gasteiger partial charge in [0.05, 0.1) is 0 Å². The summed E-state index contributed by atoms with van der Waals surface area (Å²) in [5, 5.41) is 3.10. The van der Waals surface area contributed by atoms with E-state index in [1.165, 1.54) is 24.3 Å². The third-order valence-corrected chi connectivity index (χ3v) is 4.17. The van der Waals surface area contributed by atoms with E-state index in [2.05, 4.69) is 15.3 Å². The second kappa shape index (κ2) is 7.41. The second-order valence-corrected chi connectivity index (χ2v) is 6.10. The third-order valence-electron chi connectivity index (χ3n) is 4.17. The molecule has 0 saturated carbocycles. The molecule has 1 aromatic heterocycles. The molecule has 136 valence electrons. The molecular weight excluding hydrogens is 347 g/mol. The summed E-state index contributed by atoms with van der Waals surface area (Å²) in [4.78, 5) is 22.1. The van der Waals surface area contributed by atoms with Crippen LogP contribution in [0.1, 0.15) is 12.8 Å². The zero-order chi connectivity index (χ0) is 18.6. The predicted octanol–water partition coefficient (Wildman–Crippen LogP) is 4.28. The summed E-state index contributed by atoms with van der Waals surface area (Å²) >= 11 is 0. The molecule has 0 radical (unpaired) electrons. The largest absolute Gasteiger partial charge is 0.439 e. The number of ether oxygens (including phenoxy) is 1. The van der Waals surface area contributed by atoms with Crippen LogP contribution < -0.4 is 15.0 Å². The van der Waals surface area contributed by atoms with Crippen molar-refractivity contribution in [1.29, 1.82) is 0 Å². The van der Waals surface area contributed by atoms with Gasteiger partial charge in [0.25, 0.3) is 0 Å². The Balaban J connectivity index is 1.44. The average Bonchev–Trinajstić information content (AvgIpc) is 3.11. The number of hydrogen-bond donors (Lipinski definition) is 1. The Hall–Kier alpha value is -3.48. The maximum absolute atomic E-state index is 13.0. The zero-order valence-corrected chi connectivity index (χ0v) is 14.4. The quantitative estimate of drug-likeness (QED) is 0.732. The molecule has 1 amide bonds. The number of hydrogen-bond acceptors (Lipinski definition) is 5. The van der Waals surface area contributed by atoms with Gasteiger partial charge >= 0.3 is 0 Å². The number of amides is 1. The van der Waals surface area contributed by atoms with E-state index in [0.29, 0.717) is 24.0 Å². The van der Waals surface area contributed by atoms with E-state index in [1.807, 2.05) is 24.3 Å². The molecule has 0 aliphatic carbocycles. The number of anilines is 3. The Morgan fingerprint density at radius 2 is 1.81 bits per heavy atom. The zero-order valence-electron chi connectivity index (χ0n) is 14.4. The molecule has 0 spiro atoms. The first kappa shape index (κ1) is 17.0. The number of carbonyl (C=O) groups excluding carboxylic acids is 1. The molecule has 0 atom stereocenters. The fourth-order valence-corrected chi connectivity index (χ4v) is 2.86. The van der Waals surface area contributed by atoms with E-state index in [0.717, 1.165) is 24.3 Å². The molecule has 6 nitrogen and oxygen atoms in total. The van der Waals surface area contributed by atoms with Gasteiger partial charge in [0.2, 0.25) is 17.7 Å². The summed E-state index contributed by atoms with van der Waals surface area (Å²) in [6, 6.07) is 14.9. The number of benzene rings is 2. The normalized spacial score (nSPS) is 13.7. The van der Waals surface area contributed by atoms with Crippen molar-refractivity contribution in [1.82, 2.24) is 9.97 Å². The maximum atomic E-state index is 13.0. The molecule has 1 fully saturated rings. The third kappa shape index (κ3) is 4.03. The lowest BCUT2D eigenvalue weighted by atomic mass is 10.2. The van der Waals surface area contributed by atoms with Crippen molar-refractivity contribution < 1.29 is 13.9 Å². The summed E-state index contributed by atoms with van der Waals surface area (Å²) in [5.41, 5.74) is 1.68. The highest BCUT2D eigenvalue weighted by Gasteiger charge is 2.21. The number of carbonyl (C=O) groups is 1. The minimum absolute atomic E-state index is 0.157. The first-order chi connectivity index (χ1) is 13.2. The van der Waals surface area contributed by atoms with Crippen LogP contribution in [0.15, 0.2) is 60.8 Å². The highest BCUT2D eigenvalue weighted by atomic mass is 19.1. The van der Waals surface area contributed by atoms with Crippen LogP contribution in [0.25, 0.3) is 0 Å². The van der Waals surface area contributed by atoms with Gasteiger partial charge in [-0.1, -0.05) is 0 Å². The molecule has 7 heteroatoms. The van der Waals surface area contributed by atoms with Crippen molar-refractivity contribution in [2.45, 2.75) is 12.8 Å². The fourth-order valence-electron chi connectivity index (χ4n) is 2.86. The lowest BCUT2D eigenvalue weighted by Gasteiger charge is -2.16. The van der Waals surface area contributed by atoms with Gasteiger partial charge in [-0.05, 0) is 55.0 Å². The van der Waals surface area contributed by atoms with Crippen molar-refractivity contribution in [3.63, 3.8) is 0 Å². The van der Waals surface area contributed by atoms with Crippen LogP contribution in [0.4, 0.5) is 21.7 Å². The van der Waals surface area contributed by atoms with Crippen LogP contribution in [-0.4, -0.2) is 22.4 Å². The minimum Gasteiger partial charge on any atom is -0.439 e. The Labute approximate surface area is 155 Å². The van der Waals surface area contributed by atoms with E-state index in [1.54, 1.807) is 17.2 Å². The van der Waals surface area contributed by atoms with Crippen molar-refractivity contribution >= 4 is 23.2 Å². The molecular formula is C20H17FN4O2. The molecule has 1 N–H and O–H groups in total. The van der Waals surface area contributed by atoms with E-state index in [-0.39, 0.29) is 11.7 Å². The first-order valence-corrected chi connectivity index (χ1v) is 8.61. The summed E-state index contributed by atoms with van der Waals surface area (Å²) in [7, 11) is 0. The van der Waals surface area contributed by atoms with Gasteiger partial charge in [-0.15, -0.1) is 0 Å². The lowest BCUT2D eigenvalue weighted by Crippen LogP contribution is -2.23. The number of rotatable bonds is 5. The van der Waals surface area contributed by atoms with E-state index < -0.39 is 0 Å². The van der Waals surface area contributed by atoms with Crippen LogP contribution in [-0.2, 0) is 4.79 Å². The number of nitrogens with zero attached hydrogens (tertiary/aromatic N) is 3. The number of aromatic nitrogens is 2. The Bertz CT molecular complexity index is 945. The molecule has 0 bridgehead atoms. The molecule has 4 rings (SSSR count). The molecule has 0 unspecified atom stereocenters. The topological polar surface area (TPSA) is 67.4 Å². The first-order valence-electron chi connectivity index (χ1n) is 8.61. The minimum atomic E-state index is -0.327. The van der Waals surface area contributed by atoms with Crippen LogP contribution in [0.3, 0.4) is 0 Å². The van der Waals surface area contributed by atoms with Crippen molar-refractivity contribution in [2.75, 3.05) is 16.8 Å². The Morgan fingerprint density at radius 3 is 2.52 bits per heavy atom. The van der Waals surface area contributed by atoms with Crippen LogP contribution >= 0.6 is 0 Å². The monoisotopic (exact) mass is 364 g/mol. The molecule has 1 aliphatic rings. The molecule has 2 heterocycles. The smallest absolute Gasteiger partial charge is 0.230 e. The van der Waals surface area contributed by atoms with Crippen molar-refractivity contribution in [2.24, 2.45) is 0 Å². The van der Waals surface area contributed by atoms with Crippen molar-refractivity contribution in [3.8, 4) is 11.6 Å². The average molecular weight is 364 g/mol. The predicted molar refractivity (Wildman–Crippen MR) is 99.8 cm³/mol. The number of halogens is 1. The van der Waals surface area contributed by atoms with E-state index in [4.69, 9.17) is 4.74 Å². The van der Waals surface area contributed by atoms with E-state index >= 15 is 0 Å². The van der Waals surface area contributed by atoms with Gasteiger partial charge in [0, 0.05) is 36.6 Å². The summed E-state index contributed by atoms with van der Waals surface area (Å²) in [6.07, 6.45) is 3.08. The van der Waals surface area contributed by atoms with Crippen LogP contribution in [0.2, 0.25) is 0 Å². The molecule has 3 aromatic rings. The molecule has 27 heavy (non-hydrogen) atoms. The Morgan fingerprint density at radius 1 is 1.04 bits per heavy atom. The van der Waals surface area contributed by atoms with Gasteiger partial charge in [-0.3, -0.25) is 4.79 Å². The molecule has 1 aliphatic heterocycles.